The molecule has 4 nitrogen and oxygen atoms in total. The first kappa shape index (κ1) is 14.1. The van der Waals surface area contributed by atoms with Crippen molar-refractivity contribution in [2.75, 3.05) is 24.6 Å². The van der Waals surface area contributed by atoms with Gasteiger partial charge in [-0.2, -0.15) is 5.26 Å². The standard InChI is InChI=1S/C16H14BrN3O/c17-13-3-1-2-12(8-13)16-11-20(6-7-21-16)15-5-4-14(9-18)19-10-15/h1-5,8,10,16H,6-7,11H2/t16-/m1/s1. The fourth-order valence-corrected chi connectivity index (χ4v) is 2.85. The summed E-state index contributed by atoms with van der Waals surface area (Å²) in [5, 5.41) is 8.80. The van der Waals surface area contributed by atoms with Gasteiger partial charge >= 0.3 is 0 Å². The van der Waals surface area contributed by atoms with E-state index < -0.39 is 0 Å². The molecular weight excluding hydrogens is 330 g/mol. The normalized spacial score (nSPS) is 18.3. The third-order valence-electron chi connectivity index (χ3n) is 3.51. The zero-order valence-corrected chi connectivity index (χ0v) is 13.0. The van der Waals surface area contributed by atoms with E-state index in [2.05, 4.69) is 37.9 Å². The lowest BCUT2D eigenvalue weighted by Gasteiger charge is -2.34. The Morgan fingerprint density at radius 3 is 2.95 bits per heavy atom. The Hall–Kier alpha value is -1.90. The molecule has 1 aromatic carbocycles. The van der Waals surface area contributed by atoms with Crippen molar-refractivity contribution in [1.29, 1.82) is 5.26 Å². The van der Waals surface area contributed by atoms with E-state index in [9.17, 15) is 0 Å². The molecule has 21 heavy (non-hydrogen) atoms. The molecule has 1 atom stereocenters. The molecule has 1 aliphatic rings. The van der Waals surface area contributed by atoms with E-state index in [0.29, 0.717) is 12.3 Å². The minimum atomic E-state index is 0.0480. The smallest absolute Gasteiger partial charge is 0.140 e. The maximum absolute atomic E-state index is 8.80. The maximum Gasteiger partial charge on any atom is 0.140 e. The zero-order chi connectivity index (χ0) is 14.7. The summed E-state index contributed by atoms with van der Waals surface area (Å²) in [5.74, 6) is 0. The predicted molar refractivity (Wildman–Crippen MR) is 84.0 cm³/mol. The van der Waals surface area contributed by atoms with Crippen LogP contribution < -0.4 is 4.90 Å². The Balaban J connectivity index is 1.77. The van der Waals surface area contributed by atoms with E-state index in [1.165, 1.54) is 0 Å². The largest absolute Gasteiger partial charge is 0.370 e. The average Bonchev–Trinajstić information content (AvgIpc) is 2.55. The Bertz CT molecular complexity index is 666. The van der Waals surface area contributed by atoms with Crippen molar-refractivity contribution in [3.63, 3.8) is 0 Å². The fourth-order valence-electron chi connectivity index (χ4n) is 2.43. The first-order valence-electron chi connectivity index (χ1n) is 6.74. The lowest BCUT2D eigenvalue weighted by atomic mass is 10.1. The number of nitriles is 1. The van der Waals surface area contributed by atoms with Crippen LogP contribution in [0.2, 0.25) is 0 Å². The van der Waals surface area contributed by atoms with Gasteiger partial charge in [0.15, 0.2) is 0 Å². The van der Waals surface area contributed by atoms with Crippen LogP contribution in [0.1, 0.15) is 17.4 Å². The number of morpholine rings is 1. The number of benzene rings is 1. The van der Waals surface area contributed by atoms with Crippen molar-refractivity contribution >= 4 is 21.6 Å². The highest BCUT2D eigenvalue weighted by Gasteiger charge is 2.22. The number of pyridine rings is 1. The molecule has 1 fully saturated rings. The average molecular weight is 344 g/mol. The van der Waals surface area contributed by atoms with Crippen LogP contribution in [0.5, 0.6) is 0 Å². The van der Waals surface area contributed by atoms with Crippen LogP contribution in [0, 0.1) is 11.3 Å². The van der Waals surface area contributed by atoms with Crippen LogP contribution in [0.4, 0.5) is 5.69 Å². The molecule has 0 amide bonds. The molecule has 2 heterocycles. The number of halogens is 1. The topological polar surface area (TPSA) is 49.2 Å². The molecule has 3 rings (SSSR count). The van der Waals surface area contributed by atoms with Crippen LogP contribution in [-0.4, -0.2) is 24.7 Å². The molecule has 5 heteroatoms. The van der Waals surface area contributed by atoms with E-state index in [4.69, 9.17) is 10.00 Å². The number of hydrogen-bond acceptors (Lipinski definition) is 4. The van der Waals surface area contributed by atoms with Gasteiger partial charge in [0.05, 0.1) is 18.5 Å². The van der Waals surface area contributed by atoms with Gasteiger partial charge in [0.2, 0.25) is 0 Å². The van der Waals surface area contributed by atoms with Gasteiger partial charge < -0.3 is 9.64 Å². The second-order valence-corrected chi connectivity index (χ2v) is 5.79. The van der Waals surface area contributed by atoms with Gasteiger partial charge in [0.25, 0.3) is 0 Å². The lowest BCUT2D eigenvalue weighted by Crippen LogP contribution is -2.38. The number of ether oxygens (including phenoxy) is 1. The first-order valence-corrected chi connectivity index (χ1v) is 7.54. The third-order valence-corrected chi connectivity index (χ3v) is 4.01. The summed E-state index contributed by atoms with van der Waals surface area (Å²) in [6.07, 6.45) is 1.80. The van der Waals surface area contributed by atoms with Gasteiger partial charge in [-0.1, -0.05) is 28.1 Å². The SMILES string of the molecule is N#Cc1ccc(N2CCO[C@@H](c3cccc(Br)c3)C2)cn1. The van der Waals surface area contributed by atoms with Crippen molar-refractivity contribution in [3.8, 4) is 6.07 Å². The summed E-state index contributed by atoms with van der Waals surface area (Å²) in [4.78, 5) is 6.37. The lowest BCUT2D eigenvalue weighted by molar-refractivity contribution is 0.0397. The van der Waals surface area contributed by atoms with Crippen LogP contribution >= 0.6 is 15.9 Å². The van der Waals surface area contributed by atoms with Gasteiger partial charge in [0, 0.05) is 17.6 Å². The van der Waals surface area contributed by atoms with E-state index in [1.807, 2.05) is 24.3 Å². The molecular formula is C16H14BrN3O. The van der Waals surface area contributed by atoms with E-state index in [-0.39, 0.29) is 6.10 Å². The molecule has 0 saturated carbocycles. The number of anilines is 1. The summed E-state index contributed by atoms with van der Waals surface area (Å²) in [5.41, 5.74) is 2.63. The number of hydrogen-bond donors (Lipinski definition) is 0. The van der Waals surface area contributed by atoms with E-state index >= 15 is 0 Å². The molecule has 0 N–H and O–H groups in total. The molecule has 0 bridgehead atoms. The van der Waals surface area contributed by atoms with Gasteiger partial charge in [-0.05, 0) is 29.8 Å². The van der Waals surface area contributed by atoms with Gasteiger partial charge in [-0.3, -0.25) is 0 Å². The minimum Gasteiger partial charge on any atom is -0.370 e. The Kier molecular flexibility index (Phi) is 4.18. The predicted octanol–water partition coefficient (Wildman–Crippen LogP) is 3.29. The van der Waals surface area contributed by atoms with Crippen molar-refractivity contribution in [3.05, 3.63) is 58.3 Å². The highest BCUT2D eigenvalue weighted by atomic mass is 79.9. The summed E-state index contributed by atoms with van der Waals surface area (Å²) in [7, 11) is 0. The van der Waals surface area contributed by atoms with Crippen LogP contribution in [0.15, 0.2) is 47.1 Å². The fraction of sp³-hybridized carbons (Fsp3) is 0.250. The second kappa shape index (κ2) is 6.25. The summed E-state index contributed by atoms with van der Waals surface area (Å²) in [6, 6.07) is 13.9. The van der Waals surface area contributed by atoms with E-state index in [0.717, 1.165) is 28.8 Å². The quantitative estimate of drug-likeness (QED) is 0.839. The first-order chi connectivity index (χ1) is 10.3. The Morgan fingerprint density at radius 1 is 1.33 bits per heavy atom. The molecule has 2 aromatic rings. The van der Waals surface area contributed by atoms with Gasteiger partial charge in [-0.25, -0.2) is 4.98 Å². The molecule has 0 unspecified atom stereocenters. The summed E-state index contributed by atoms with van der Waals surface area (Å²) >= 11 is 3.49. The molecule has 1 aliphatic heterocycles. The number of nitrogens with zero attached hydrogens (tertiary/aromatic N) is 3. The van der Waals surface area contributed by atoms with Crippen LogP contribution in [0.3, 0.4) is 0 Å². The maximum atomic E-state index is 8.80. The molecule has 0 spiro atoms. The second-order valence-electron chi connectivity index (χ2n) is 4.87. The highest BCUT2D eigenvalue weighted by molar-refractivity contribution is 9.10. The molecule has 106 valence electrons. The third kappa shape index (κ3) is 3.23. The zero-order valence-electron chi connectivity index (χ0n) is 11.4. The number of rotatable bonds is 2. The molecule has 1 aromatic heterocycles. The van der Waals surface area contributed by atoms with Crippen molar-refractivity contribution in [1.82, 2.24) is 4.98 Å². The highest BCUT2D eigenvalue weighted by Crippen LogP contribution is 2.27. The summed E-state index contributed by atoms with van der Waals surface area (Å²) in [6.45, 7) is 2.29. The van der Waals surface area contributed by atoms with Crippen molar-refractivity contribution < 1.29 is 4.74 Å². The molecule has 0 aliphatic carbocycles. The Labute approximate surface area is 132 Å². The number of aromatic nitrogens is 1. The van der Waals surface area contributed by atoms with E-state index in [1.54, 1.807) is 12.3 Å². The summed E-state index contributed by atoms with van der Waals surface area (Å²) < 4.78 is 6.94. The monoisotopic (exact) mass is 343 g/mol. The van der Waals surface area contributed by atoms with Crippen LogP contribution in [-0.2, 0) is 4.74 Å². The van der Waals surface area contributed by atoms with Crippen LogP contribution in [0.25, 0.3) is 0 Å². The molecule has 0 radical (unpaired) electrons. The minimum absolute atomic E-state index is 0.0480. The Morgan fingerprint density at radius 2 is 2.24 bits per heavy atom. The van der Waals surface area contributed by atoms with Crippen molar-refractivity contribution in [2.24, 2.45) is 0 Å². The van der Waals surface area contributed by atoms with Gasteiger partial charge in [-0.15, -0.1) is 0 Å². The van der Waals surface area contributed by atoms with Gasteiger partial charge in [0.1, 0.15) is 17.9 Å². The molecule has 1 saturated heterocycles. The van der Waals surface area contributed by atoms with Crippen molar-refractivity contribution in [2.45, 2.75) is 6.10 Å².